The molecule has 2 saturated heterocycles. The van der Waals surface area contributed by atoms with Gasteiger partial charge in [-0.15, -0.1) is 0 Å². The van der Waals surface area contributed by atoms with Gasteiger partial charge in [-0.25, -0.2) is 8.42 Å². The van der Waals surface area contributed by atoms with E-state index in [0.717, 1.165) is 69.4 Å². The van der Waals surface area contributed by atoms with E-state index in [-0.39, 0.29) is 21.9 Å². The Labute approximate surface area is 248 Å². The van der Waals surface area contributed by atoms with E-state index in [1.54, 1.807) is 32.2 Å². The highest BCUT2D eigenvalue weighted by atomic mass is 35.5. The lowest BCUT2D eigenvalue weighted by molar-refractivity contribution is 0.0515. The molecule has 3 aromatic rings. The maximum absolute atomic E-state index is 13.7. The fraction of sp³-hybridized carbons (Fsp3) is 0.438. The van der Waals surface area contributed by atoms with Crippen molar-refractivity contribution in [1.82, 2.24) is 14.2 Å². The molecule has 41 heavy (non-hydrogen) atoms. The number of hydrogen-bond acceptors (Lipinski definition) is 5. The zero-order valence-corrected chi connectivity index (χ0v) is 25.3. The zero-order chi connectivity index (χ0) is 28.8. The largest absolute Gasteiger partial charge is 0.371 e. The Bertz CT molecular complexity index is 1520. The third-order valence-corrected chi connectivity index (χ3v) is 12.1. The lowest BCUT2D eigenvalue weighted by atomic mass is 9.71. The van der Waals surface area contributed by atoms with Gasteiger partial charge in [-0.3, -0.25) is 9.78 Å². The molecular weight excluding hydrogens is 556 g/mol. The first-order chi connectivity index (χ1) is 19.7. The Kier molecular flexibility index (Phi) is 7.59. The number of amides is 1. The first-order valence-electron chi connectivity index (χ1n) is 14.5. The van der Waals surface area contributed by atoms with E-state index in [9.17, 15) is 13.2 Å². The molecule has 1 unspecified atom stereocenters. The topological polar surface area (TPSA) is 73.8 Å². The number of rotatable bonds is 5. The van der Waals surface area contributed by atoms with Gasteiger partial charge in [0.1, 0.15) is 4.90 Å². The van der Waals surface area contributed by atoms with Crippen LogP contribution in [-0.2, 0) is 16.4 Å². The predicted molar refractivity (Wildman–Crippen MR) is 162 cm³/mol. The number of piperidine rings is 2. The molecule has 216 valence electrons. The summed E-state index contributed by atoms with van der Waals surface area (Å²) in [6.45, 7) is 5.35. The molecule has 1 atom stereocenters. The molecule has 0 radical (unpaired) electrons. The monoisotopic (exact) mass is 592 g/mol. The molecule has 0 N–H and O–H groups in total. The second-order valence-electron chi connectivity index (χ2n) is 11.9. The number of sulfonamides is 1. The molecule has 3 heterocycles. The minimum atomic E-state index is -3.82. The van der Waals surface area contributed by atoms with E-state index >= 15 is 0 Å². The SMILES string of the molecule is Cc1cccc(Cl)c1S(=O)(=O)N(C)C1CCc2ccc(C(=O)N3CCC4(CC3)CCN(c3ccncc3)CC4)cc21. The van der Waals surface area contributed by atoms with Gasteiger partial charge in [-0.05, 0) is 97.9 Å². The second kappa shape index (κ2) is 11.0. The number of fused-ring (bicyclic) bond motifs is 1. The maximum Gasteiger partial charge on any atom is 0.253 e. The van der Waals surface area contributed by atoms with E-state index < -0.39 is 10.0 Å². The van der Waals surface area contributed by atoms with E-state index in [0.29, 0.717) is 23.0 Å². The van der Waals surface area contributed by atoms with Crippen molar-refractivity contribution in [3.05, 3.63) is 88.2 Å². The molecule has 0 saturated carbocycles. The average Bonchev–Trinajstić information content (AvgIpc) is 3.41. The van der Waals surface area contributed by atoms with Crippen LogP contribution in [0.3, 0.4) is 0 Å². The quantitative estimate of drug-likeness (QED) is 0.370. The molecule has 1 aromatic heterocycles. The lowest BCUT2D eigenvalue weighted by Gasteiger charge is -2.47. The molecule has 2 aromatic carbocycles. The van der Waals surface area contributed by atoms with Crippen LogP contribution in [0.5, 0.6) is 0 Å². The van der Waals surface area contributed by atoms with E-state index in [2.05, 4.69) is 22.0 Å². The molecule has 2 fully saturated rings. The Balaban J connectivity index is 1.13. The van der Waals surface area contributed by atoms with Crippen molar-refractivity contribution in [1.29, 1.82) is 0 Å². The summed E-state index contributed by atoms with van der Waals surface area (Å²) in [7, 11) is -2.20. The molecule has 1 amide bonds. The van der Waals surface area contributed by atoms with Crippen molar-refractivity contribution < 1.29 is 13.2 Å². The van der Waals surface area contributed by atoms with Gasteiger partial charge in [0.2, 0.25) is 10.0 Å². The minimum Gasteiger partial charge on any atom is -0.371 e. The summed E-state index contributed by atoms with van der Waals surface area (Å²) in [4.78, 5) is 22.4. The molecular formula is C32H37ClN4O3S. The number of aromatic nitrogens is 1. The molecule has 7 nitrogen and oxygen atoms in total. The molecule has 1 spiro atoms. The Hall–Kier alpha value is -2.94. The van der Waals surface area contributed by atoms with E-state index in [1.165, 1.54) is 9.99 Å². The van der Waals surface area contributed by atoms with Crippen molar-refractivity contribution in [3.8, 4) is 0 Å². The number of carbonyl (C=O) groups excluding carboxylic acids is 1. The van der Waals surface area contributed by atoms with Crippen LogP contribution in [0.1, 0.15) is 65.2 Å². The molecule has 0 bridgehead atoms. The molecule has 6 rings (SSSR count). The summed E-state index contributed by atoms with van der Waals surface area (Å²) in [6, 6.07) is 14.8. The van der Waals surface area contributed by atoms with Gasteiger partial charge < -0.3 is 9.80 Å². The van der Waals surface area contributed by atoms with Crippen LogP contribution >= 0.6 is 11.6 Å². The molecule has 3 aliphatic rings. The fourth-order valence-corrected chi connectivity index (χ4v) is 9.15. The number of halogens is 1. The normalized spacial score (nSPS) is 20.4. The zero-order valence-electron chi connectivity index (χ0n) is 23.7. The Morgan fingerprint density at radius 3 is 2.37 bits per heavy atom. The van der Waals surface area contributed by atoms with Crippen molar-refractivity contribution >= 4 is 33.2 Å². The highest BCUT2D eigenvalue weighted by molar-refractivity contribution is 7.89. The van der Waals surface area contributed by atoms with Crippen LogP contribution in [0.2, 0.25) is 5.02 Å². The average molecular weight is 593 g/mol. The predicted octanol–water partition coefficient (Wildman–Crippen LogP) is 5.87. The summed E-state index contributed by atoms with van der Waals surface area (Å²) in [5.41, 5.74) is 4.82. The highest BCUT2D eigenvalue weighted by Crippen LogP contribution is 2.43. The summed E-state index contributed by atoms with van der Waals surface area (Å²) in [5.74, 6) is 0.0370. The summed E-state index contributed by atoms with van der Waals surface area (Å²) >= 11 is 6.35. The first kappa shape index (κ1) is 28.2. The summed E-state index contributed by atoms with van der Waals surface area (Å²) in [6.07, 6.45) is 9.48. The van der Waals surface area contributed by atoms with Crippen LogP contribution in [0, 0.1) is 12.3 Å². The van der Waals surface area contributed by atoms with Crippen molar-refractivity contribution in [2.24, 2.45) is 5.41 Å². The third kappa shape index (κ3) is 5.26. The first-order valence-corrected chi connectivity index (χ1v) is 16.3. The number of nitrogens with zero attached hydrogens (tertiary/aromatic N) is 4. The summed E-state index contributed by atoms with van der Waals surface area (Å²) < 4.78 is 28.7. The number of likely N-dealkylation sites (tertiary alicyclic amines) is 1. The van der Waals surface area contributed by atoms with Crippen molar-refractivity contribution in [2.45, 2.75) is 56.4 Å². The van der Waals surface area contributed by atoms with Crippen LogP contribution in [-0.4, -0.2) is 61.7 Å². The number of pyridine rings is 1. The van der Waals surface area contributed by atoms with Gasteiger partial charge in [-0.2, -0.15) is 4.31 Å². The Morgan fingerprint density at radius 2 is 1.68 bits per heavy atom. The van der Waals surface area contributed by atoms with Crippen LogP contribution in [0.25, 0.3) is 0 Å². The number of hydrogen-bond donors (Lipinski definition) is 0. The smallest absolute Gasteiger partial charge is 0.253 e. The van der Waals surface area contributed by atoms with Crippen LogP contribution < -0.4 is 4.90 Å². The molecule has 9 heteroatoms. The van der Waals surface area contributed by atoms with Crippen molar-refractivity contribution in [2.75, 3.05) is 38.1 Å². The minimum absolute atomic E-state index is 0.0370. The van der Waals surface area contributed by atoms with Crippen LogP contribution in [0.15, 0.2) is 65.8 Å². The van der Waals surface area contributed by atoms with E-state index in [4.69, 9.17) is 11.6 Å². The van der Waals surface area contributed by atoms with Gasteiger partial charge in [-0.1, -0.05) is 29.8 Å². The van der Waals surface area contributed by atoms with Crippen LogP contribution in [0.4, 0.5) is 5.69 Å². The lowest BCUT2D eigenvalue weighted by Crippen LogP contribution is -2.48. The summed E-state index contributed by atoms with van der Waals surface area (Å²) in [5, 5.41) is 0.227. The maximum atomic E-state index is 13.7. The van der Waals surface area contributed by atoms with Gasteiger partial charge in [0, 0.05) is 56.9 Å². The third-order valence-electron chi connectivity index (χ3n) is 9.64. The fourth-order valence-electron chi connectivity index (χ4n) is 7.01. The standard InChI is InChI=1S/C32H37ClN4O3S/c1-23-4-3-5-28(33)30(23)41(39,40)35(2)29-9-8-24-6-7-25(22-27(24)29)31(38)37-20-14-32(15-21-37)12-18-36(19-13-32)26-10-16-34-17-11-26/h3-7,10-11,16-17,22,29H,8-9,12-15,18-21H2,1-2H3. The molecule has 2 aliphatic heterocycles. The number of anilines is 1. The van der Waals surface area contributed by atoms with Gasteiger partial charge in [0.25, 0.3) is 5.91 Å². The van der Waals surface area contributed by atoms with E-state index in [1.807, 2.05) is 35.5 Å². The number of carbonyl (C=O) groups is 1. The number of benzene rings is 2. The van der Waals surface area contributed by atoms with Gasteiger partial charge in [0.05, 0.1) is 11.1 Å². The highest BCUT2D eigenvalue weighted by Gasteiger charge is 2.40. The Morgan fingerprint density at radius 1 is 1.00 bits per heavy atom. The van der Waals surface area contributed by atoms with Gasteiger partial charge in [0.15, 0.2) is 0 Å². The second-order valence-corrected chi connectivity index (χ2v) is 14.2. The molecule has 1 aliphatic carbocycles. The van der Waals surface area contributed by atoms with Gasteiger partial charge >= 0.3 is 0 Å². The van der Waals surface area contributed by atoms with Crippen molar-refractivity contribution in [3.63, 3.8) is 0 Å². The number of aryl methyl sites for hydroxylation is 2.